The van der Waals surface area contributed by atoms with Gasteiger partial charge in [-0.15, -0.1) is 0 Å². The van der Waals surface area contributed by atoms with E-state index in [0.29, 0.717) is 5.69 Å². The molecule has 1 heterocycles. The van der Waals surface area contributed by atoms with Gasteiger partial charge in [-0.05, 0) is 44.2 Å². The molecule has 0 aliphatic heterocycles. The van der Waals surface area contributed by atoms with Crippen LogP contribution >= 0.6 is 0 Å². The van der Waals surface area contributed by atoms with Crippen molar-refractivity contribution in [3.63, 3.8) is 0 Å². The summed E-state index contributed by atoms with van der Waals surface area (Å²) < 4.78 is 30.1. The van der Waals surface area contributed by atoms with Gasteiger partial charge in [0.2, 0.25) is 10.0 Å². The molecule has 1 N–H and O–H groups in total. The lowest BCUT2D eigenvalue weighted by Gasteiger charge is -2.36. The van der Waals surface area contributed by atoms with Crippen molar-refractivity contribution in [1.82, 2.24) is 14.5 Å². The van der Waals surface area contributed by atoms with Crippen LogP contribution in [0.1, 0.15) is 36.6 Å². The molecule has 2 aromatic rings. The lowest BCUT2D eigenvalue weighted by molar-refractivity contribution is 0.366. The second-order valence-corrected chi connectivity index (χ2v) is 7.82. The van der Waals surface area contributed by atoms with Crippen molar-refractivity contribution in [2.24, 2.45) is 7.05 Å². The highest BCUT2D eigenvalue weighted by Gasteiger charge is 2.36. The molecule has 1 aromatic heterocycles. The molecule has 22 heavy (non-hydrogen) atoms. The predicted molar refractivity (Wildman–Crippen MR) is 85.0 cm³/mol. The van der Waals surface area contributed by atoms with Crippen LogP contribution in [0.2, 0.25) is 0 Å². The fraction of sp³-hybridized carbons (Fsp3) is 0.438. The Morgan fingerprint density at radius 2 is 2.05 bits per heavy atom. The Hall–Kier alpha value is -1.66. The highest BCUT2D eigenvalue weighted by atomic mass is 32.2. The van der Waals surface area contributed by atoms with Crippen molar-refractivity contribution < 1.29 is 8.42 Å². The molecule has 1 aliphatic rings. The molecule has 0 amide bonds. The molecule has 0 fully saturated rings. The van der Waals surface area contributed by atoms with E-state index in [9.17, 15) is 8.42 Å². The average molecular weight is 319 g/mol. The van der Waals surface area contributed by atoms with E-state index in [1.165, 1.54) is 11.8 Å². The summed E-state index contributed by atoms with van der Waals surface area (Å²) in [6, 6.07) is 8.07. The molecule has 0 spiro atoms. The average Bonchev–Trinajstić information content (AvgIpc) is 2.79. The molecule has 6 heteroatoms. The Morgan fingerprint density at radius 1 is 1.32 bits per heavy atom. The van der Waals surface area contributed by atoms with E-state index in [4.69, 9.17) is 0 Å². The van der Waals surface area contributed by atoms with E-state index in [2.05, 4.69) is 15.9 Å². The van der Waals surface area contributed by atoms with Gasteiger partial charge in [-0.1, -0.05) is 24.3 Å². The van der Waals surface area contributed by atoms with Gasteiger partial charge in [0.05, 0.1) is 17.4 Å². The molecule has 0 radical (unpaired) electrons. The molecular formula is C16H21N3O2S. The first-order valence-electron chi connectivity index (χ1n) is 7.44. The summed E-state index contributed by atoms with van der Waals surface area (Å²) in [7, 11) is -1.86. The molecule has 0 saturated carbocycles. The van der Waals surface area contributed by atoms with Crippen molar-refractivity contribution in [3.8, 4) is 0 Å². The normalized spacial score (nSPS) is 21.6. The van der Waals surface area contributed by atoms with Gasteiger partial charge in [-0.3, -0.25) is 4.68 Å². The molecule has 1 unspecified atom stereocenters. The fourth-order valence-corrected chi connectivity index (χ4v) is 4.87. The molecule has 3 rings (SSSR count). The maximum absolute atomic E-state index is 12.8. The molecule has 1 atom stereocenters. The van der Waals surface area contributed by atoms with Crippen molar-refractivity contribution in [1.29, 1.82) is 0 Å². The number of nitrogens with one attached hydrogen (secondary N) is 1. The summed E-state index contributed by atoms with van der Waals surface area (Å²) in [5.74, 6) is 0. The van der Waals surface area contributed by atoms with Gasteiger partial charge >= 0.3 is 0 Å². The van der Waals surface area contributed by atoms with Crippen LogP contribution in [-0.4, -0.2) is 18.2 Å². The monoisotopic (exact) mass is 319 g/mol. The summed E-state index contributed by atoms with van der Waals surface area (Å²) in [6.07, 6.45) is 4.18. The van der Waals surface area contributed by atoms with Gasteiger partial charge < -0.3 is 0 Å². The topological polar surface area (TPSA) is 64.0 Å². The first-order valence-corrected chi connectivity index (χ1v) is 8.93. The minimum atomic E-state index is -3.60. The van der Waals surface area contributed by atoms with Crippen molar-refractivity contribution >= 4 is 10.0 Å². The summed E-state index contributed by atoms with van der Waals surface area (Å²) in [4.78, 5) is 0.249. The van der Waals surface area contributed by atoms with Crippen molar-refractivity contribution in [2.45, 2.75) is 43.5 Å². The number of benzene rings is 1. The van der Waals surface area contributed by atoms with Crippen LogP contribution in [-0.2, 0) is 29.0 Å². The first kappa shape index (κ1) is 15.2. The lowest BCUT2D eigenvalue weighted by atomic mass is 9.79. The third-order valence-corrected chi connectivity index (χ3v) is 6.27. The van der Waals surface area contributed by atoms with Gasteiger partial charge in [0, 0.05) is 7.05 Å². The third-order valence-electron chi connectivity index (χ3n) is 4.57. The van der Waals surface area contributed by atoms with Crippen molar-refractivity contribution in [2.75, 3.05) is 0 Å². The number of sulfonamides is 1. The molecule has 1 aromatic carbocycles. The Labute approximate surface area is 131 Å². The smallest absolute Gasteiger partial charge is 0.244 e. The second-order valence-electron chi connectivity index (χ2n) is 6.17. The number of fused-ring (bicyclic) bond motifs is 1. The van der Waals surface area contributed by atoms with Crippen LogP contribution in [0.15, 0.2) is 35.4 Å². The molecular weight excluding hydrogens is 298 g/mol. The Balaban J connectivity index is 2.01. The molecule has 118 valence electrons. The van der Waals surface area contributed by atoms with Gasteiger partial charge in [0.15, 0.2) is 0 Å². The van der Waals surface area contributed by atoms with Crippen LogP contribution in [0.5, 0.6) is 0 Å². The zero-order valence-electron chi connectivity index (χ0n) is 13.1. The molecule has 0 bridgehead atoms. The van der Waals surface area contributed by atoms with Gasteiger partial charge in [-0.2, -0.15) is 5.10 Å². The quantitative estimate of drug-likeness (QED) is 0.944. The second kappa shape index (κ2) is 5.21. The SMILES string of the molecule is Cc1c(S(=O)(=O)NC2(C)CCCc3ccccc32)cnn1C. The number of aryl methyl sites for hydroxylation is 2. The van der Waals surface area contributed by atoms with E-state index < -0.39 is 15.6 Å². The standard InChI is InChI=1S/C16H21N3O2S/c1-12-15(11-17-19(12)3)22(20,21)18-16(2)10-6-8-13-7-4-5-9-14(13)16/h4-5,7,9,11,18H,6,8,10H2,1-3H3. The largest absolute Gasteiger partial charge is 0.272 e. The Bertz CT molecular complexity index is 811. The maximum Gasteiger partial charge on any atom is 0.244 e. The van der Waals surface area contributed by atoms with Gasteiger partial charge in [0.1, 0.15) is 4.90 Å². The zero-order chi connectivity index (χ0) is 16.0. The van der Waals surface area contributed by atoms with Crippen LogP contribution in [0.3, 0.4) is 0 Å². The minimum absolute atomic E-state index is 0.249. The zero-order valence-corrected chi connectivity index (χ0v) is 13.9. The fourth-order valence-electron chi connectivity index (χ4n) is 3.24. The highest BCUT2D eigenvalue weighted by Crippen LogP contribution is 2.36. The van der Waals surface area contributed by atoms with E-state index >= 15 is 0 Å². The van der Waals surface area contributed by atoms with E-state index in [-0.39, 0.29) is 4.90 Å². The highest BCUT2D eigenvalue weighted by molar-refractivity contribution is 7.89. The lowest BCUT2D eigenvalue weighted by Crippen LogP contribution is -2.45. The maximum atomic E-state index is 12.8. The van der Waals surface area contributed by atoms with Crippen LogP contribution in [0.4, 0.5) is 0 Å². The Morgan fingerprint density at radius 3 is 2.73 bits per heavy atom. The van der Waals surface area contributed by atoms with Gasteiger partial charge in [-0.25, -0.2) is 13.1 Å². The van der Waals surface area contributed by atoms with Crippen molar-refractivity contribution in [3.05, 3.63) is 47.3 Å². The summed E-state index contributed by atoms with van der Waals surface area (Å²) >= 11 is 0. The van der Waals surface area contributed by atoms with Gasteiger partial charge in [0.25, 0.3) is 0 Å². The Kier molecular flexibility index (Phi) is 3.61. The van der Waals surface area contributed by atoms with E-state index in [0.717, 1.165) is 24.8 Å². The van der Waals surface area contributed by atoms with Crippen LogP contribution in [0, 0.1) is 6.92 Å². The minimum Gasteiger partial charge on any atom is -0.272 e. The predicted octanol–water partition coefficient (Wildman–Crippen LogP) is 2.26. The summed E-state index contributed by atoms with van der Waals surface area (Å²) in [6.45, 7) is 3.73. The van der Waals surface area contributed by atoms with Crippen LogP contribution < -0.4 is 4.72 Å². The number of nitrogens with zero attached hydrogens (tertiary/aromatic N) is 2. The number of rotatable bonds is 3. The number of hydrogen-bond donors (Lipinski definition) is 1. The first-order chi connectivity index (χ1) is 10.3. The van der Waals surface area contributed by atoms with E-state index in [1.54, 1.807) is 18.7 Å². The number of aromatic nitrogens is 2. The van der Waals surface area contributed by atoms with E-state index in [1.807, 2.05) is 25.1 Å². The number of hydrogen-bond acceptors (Lipinski definition) is 3. The summed E-state index contributed by atoms with van der Waals surface area (Å²) in [5.41, 5.74) is 2.36. The molecule has 0 saturated heterocycles. The molecule has 1 aliphatic carbocycles. The summed E-state index contributed by atoms with van der Waals surface area (Å²) in [5, 5.41) is 4.04. The third kappa shape index (κ3) is 2.46. The van der Waals surface area contributed by atoms with Crippen LogP contribution in [0.25, 0.3) is 0 Å². The molecule has 5 nitrogen and oxygen atoms in total.